The summed E-state index contributed by atoms with van der Waals surface area (Å²) in [6.45, 7) is 1.47. The maximum Gasteiger partial charge on any atom is 0.124 e. The van der Waals surface area contributed by atoms with E-state index < -0.39 is 0 Å². The summed E-state index contributed by atoms with van der Waals surface area (Å²) in [5.74, 6) is 0.960. The Morgan fingerprint density at radius 3 is 2.80 bits per heavy atom. The van der Waals surface area contributed by atoms with Crippen LogP contribution in [0.2, 0.25) is 0 Å². The van der Waals surface area contributed by atoms with E-state index >= 15 is 0 Å². The first kappa shape index (κ1) is 14.6. The Morgan fingerprint density at radius 1 is 1.25 bits per heavy atom. The Labute approximate surface area is 139 Å². The Hall–Kier alpha value is -0.360. The maximum absolute atomic E-state index is 5.99. The van der Waals surface area contributed by atoms with Gasteiger partial charge in [-0.05, 0) is 58.4 Å². The standard InChI is InChI=1S/C15H15Br2NOS/c16-11-1-4-14(10(7-11)8-18-12-2-3-12)19-9-15-13(17)5-6-20-15/h1,4-7,12,18H,2-3,8-9H2. The van der Waals surface area contributed by atoms with E-state index in [9.17, 15) is 0 Å². The minimum atomic E-state index is 0.607. The molecule has 0 atom stereocenters. The molecule has 2 nitrogen and oxygen atoms in total. The van der Waals surface area contributed by atoms with Crippen molar-refractivity contribution in [2.75, 3.05) is 0 Å². The van der Waals surface area contributed by atoms with Crippen molar-refractivity contribution in [2.45, 2.75) is 32.0 Å². The van der Waals surface area contributed by atoms with E-state index in [1.807, 2.05) is 12.1 Å². The fourth-order valence-electron chi connectivity index (χ4n) is 1.94. The van der Waals surface area contributed by atoms with Gasteiger partial charge in [0.25, 0.3) is 0 Å². The first-order chi connectivity index (χ1) is 9.72. The molecule has 1 saturated carbocycles. The number of rotatable bonds is 6. The van der Waals surface area contributed by atoms with Gasteiger partial charge in [0, 0.05) is 27.1 Å². The molecule has 0 bridgehead atoms. The highest BCUT2D eigenvalue weighted by Gasteiger charge is 2.20. The van der Waals surface area contributed by atoms with Crippen LogP contribution in [0.15, 0.2) is 38.6 Å². The average Bonchev–Trinajstić information content (AvgIpc) is 3.18. The van der Waals surface area contributed by atoms with E-state index in [0.29, 0.717) is 12.6 Å². The van der Waals surface area contributed by atoms with Gasteiger partial charge in [-0.15, -0.1) is 11.3 Å². The van der Waals surface area contributed by atoms with Gasteiger partial charge in [0.05, 0.1) is 4.88 Å². The van der Waals surface area contributed by atoms with Crippen LogP contribution in [0, 0.1) is 0 Å². The van der Waals surface area contributed by atoms with Crippen LogP contribution in [0.3, 0.4) is 0 Å². The van der Waals surface area contributed by atoms with Crippen molar-refractivity contribution >= 4 is 43.2 Å². The van der Waals surface area contributed by atoms with Crippen molar-refractivity contribution in [1.29, 1.82) is 0 Å². The van der Waals surface area contributed by atoms with Gasteiger partial charge in [0.15, 0.2) is 0 Å². The first-order valence-corrected chi connectivity index (χ1v) is 9.05. The maximum atomic E-state index is 5.99. The summed E-state index contributed by atoms with van der Waals surface area (Å²) in [4.78, 5) is 1.22. The fraction of sp³-hybridized carbons (Fsp3) is 0.333. The summed E-state index contributed by atoms with van der Waals surface area (Å²) >= 11 is 8.78. The number of nitrogens with one attached hydrogen (secondary N) is 1. The molecule has 2 aromatic rings. The molecule has 0 unspecified atom stereocenters. The first-order valence-electron chi connectivity index (χ1n) is 6.59. The average molecular weight is 417 g/mol. The van der Waals surface area contributed by atoms with Crippen LogP contribution in [-0.4, -0.2) is 6.04 Å². The summed E-state index contributed by atoms with van der Waals surface area (Å²) in [5, 5.41) is 5.61. The van der Waals surface area contributed by atoms with Crippen LogP contribution in [0.4, 0.5) is 0 Å². The van der Waals surface area contributed by atoms with E-state index in [-0.39, 0.29) is 0 Å². The molecule has 1 aromatic heterocycles. The topological polar surface area (TPSA) is 21.3 Å². The number of benzene rings is 1. The van der Waals surface area contributed by atoms with E-state index in [1.165, 1.54) is 23.3 Å². The van der Waals surface area contributed by atoms with E-state index in [0.717, 1.165) is 21.2 Å². The molecule has 0 spiro atoms. The molecule has 1 N–H and O–H groups in total. The summed E-state index contributed by atoms with van der Waals surface area (Å²) in [6.07, 6.45) is 2.60. The van der Waals surface area contributed by atoms with Crippen molar-refractivity contribution in [2.24, 2.45) is 0 Å². The highest BCUT2D eigenvalue weighted by Crippen LogP contribution is 2.28. The lowest BCUT2D eigenvalue weighted by atomic mass is 10.2. The minimum Gasteiger partial charge on any atom is -0.488 e. The van der Waals surface area contributed by atoms with Gasteiger partial charge in [-0.25, -0.2) is 0 Å². The third kappa shape index (κ3) is 3.85. The molecule has 5 heteroatoms. The predicted octanol–water partition coefficient (Wildman–Crippen LogP) is 5.10. The Kier molecular flexibility index (Phi) is 4.81. The number of thiophene rings is 1. The second kappa shape index (κ2) is 6.60. The van der Waals surface area contributed by atoms with Crippen molar-refractivity contribution in [3.05, 3.63) is 49.0 Å². The van der Waals surface area contributed by atoms with Crippen LogP contribution >= 0.6 is 43.2 Å². The summed E-state index contributed by atoms with van der Waals surface area (Å²) in [7, 11) is 0. The molecule has 106 valence electrons. The molecular weight excluding hydrogens is 402 g/mol. The monoisotopic (exact) mass is 415 g/mol. The largest absolute Gasteiger partial charge is 0.488 e. The molecule has 1 aromatic carbocycles. The Balaban J connectivity index is 1.68. The molecule has 1 heterocycles. The lowest BCUT2D eigenvalue weighted by Gasteiger charge is -2.12. The van der Waals surface area contributed by atoms with Crippen LogP contribution in [-0.2, 0) is 13.2 Å². The normalized spacial score (nSPS) is 14.5. The van der Waals surface area contributed by atoms with Gasteiger partial charge in [0.2, 0.25) is 0 Å². The van der Waals surface area contributed by atoms with Gasteiger partial charge in [-0.2, -0.15) is 0 Å². The third-order valence-electron chi connectivity index (χ3n) is 3.23. The lowest BCUT2D eigenvalue weighted by Crippen LogP contribution is -2.16. The minimum absolute atomic E-state index is 0.607. The van der Waals surface area contributed by atoms with E-state index in [2.05, 4.69) is 54.7 Å². The predicted molar refractivity (Wildman–Crippen MR) is 90.4 cm³/mol. The second-order valence-electron chi connectivity index (χ2n) is 4.89. The summed E-state index contributed by atoms with van der Waals surface area (Å²) in [6, 6.07) is 8.96. The van der Waals surface area contributed by atoms with Crippen molar-refractivity contribution < 1.29 is 4.74 Å². The molecule has 20 heavy (non-hydrogen) atoms. The number of hydrogen-bond donors (Lipinski definition) is 1. The second-order valence-corrected chi connectivity index (χ2v) is 7.66. The molecule has 0 saturated heterocycles. The van der Waals surface area contributed by atoms with E-state index in [4.69, 9.17) is 4.74 Å². The quantitative estimate of drug-likeness (QED) is 0.706. The smallest absolute Gasteiger partial charge is 0.124 e. The summed E-state index contributed by atoms with van der Waals surface area (Å²) < 4.78 is 8.20. The molecular formula is C15H15Br2NOS. The third-order valence-corrected chi connectivity index (χ3v) is 5.62. The molecule has 0 amide bonds. The summed E-state index contributed by atoms with van der Waals surface area (Å²) in [5.41, 5.74) is 1.21. The van der Waals surface area contributed by atoms with Gasteiger partial charge >= 0.3 is 0 Å². The molecule has 1 aliphatic rings. The van der Waals surface area contributed by atoms with E-state index in [1.54, 1.807) is 11.3 Å². The zero-order chi connectivity index (χ0) is 13.9. The molecule has 1 fully saturated rings. The SMILES string of the molecule is Brc1ccc(OCc2sccc2Br)c(CNC2CC2)c1. The fourth-order valence-corrected chi connectivity index (χ4v) is 3.73. The van der Waals surface area contributed by atoms with Crippen molar-refractivity contribution in [3.8, 4) is 5.75 Å². The highest BCUT2D eigenvalue weighted by atomic mass is 79.9. The van der Waals surface area contributed by atoms with Gasteiger partial charge < -0.3 is 10.1 Å². The Morgan fingerprint density at radius 2 is 2.10 bits per heavy atom. The van der Waals surface area contributed by atoms with Crippen LogP contribution < -0.4 is 10.1 Å². The molecule has 1 aliphatic carbocycles. The number of hydrogen-bond acceptors (Lipinski definition) is 3. The lowest BCUT2D eigenvalue weighted by molar-refractivity contribution is 0.305. The zero-order valence-corrected chi connectivity index (χ0v) is 14.9. The van der Waals surface area contributed by atoms with Crippen LogP contribution in [0.5, 0.6) is 5.75 Å². The molecule has 3 rings (SSSR count). The van der Waals surface area contributed by atoms with Crippen molar-refractivity contribution in [3.63, 3.8) is 0 Å². The Bertz CT molecular complexity index is 595. The number of ether oxygens (including phenoxy) is 1. The van der Waals surface area contributed by atoms with Gasteiger partial charge in [0.1, 0.15) is 12.4 Å². The van der Waals surface area contributed by atoms with Gasteiger partial charge in [-0.3, -0.25) is 0 Å². The zero-order valence-electron chi connectivity index (χ0n) is 10.9. The van der Waals surface area contributed by atoms with Crippen LogP contribution in [0.25, 0.3) is 0 Å². The molecule has 0 radical (unpaired) electrons. The highest BCUT2D eigenvalue weighted by molar-refractivity contribution is 9.10. The molecule has 0 aliphatic heterocycles. The number of halogens is 2. The van der Waals surface area contributed by atoms with Crippen molar-refractivity contribution in [1.82, 2.24) is 5.32 Å². The van der Waals surface area contributed by atoms with Crippen LogP contribution in [0.1, 0.15) is 23.3 Å². The van der Waals surface area contributed by atoms with Gasteiger partial charge in [-0.1, -0.05) is 15.9 Å².